The lowest BCUT2D eigenvalue weighted by atomic mass is 9.96. The number of morpholine rings is 1. The van der Waals surface area contributed by atoms with Crippen molar-refractivity contribution in [2.45, 2.75) is 19.8 Å². The third-order valence-corrected chi connectivity index (χ3v) is 5.00. The highest BCUT2D eigenvalue weighted by molar-refractivity contribution is 5.95. The van der Waals surface area contributed by atoms with Crippen molar-refractivity contribution in [1.29, 1.82) is 0 Å². The third kappa shape index (κ3) is 4.61. The van der Waals surface area contributed by atoms with Crippen LogP contribution in [0.4, 0.5) is 0 Å². The summed E-state index contributed by atoms with van der Waals surface area (Å²) in [6.07, 6.45) is 3.21. The van der Waals surface area contributed by atoms with E-state index < -0.39 is 0 Å². The Bertz CT molecular complexity index is 595. The summed E-state index contributed by atoms with van der Waals surface area (Å²) < 4.78 is 10.5. The Morgan fingerprint density at radius 2 is 2.08 bits per heavy atom. The van der Waals surface area contributed by atoms with Crippen molar-refractivity contribution in [1.82, 2.24) is 15.1 Å². The number of carbonyl (C=O) groups excluding carboxylic acids is 2. The molecule has 0 spiro atoms. The van der Waals surface area contributed by atoms with Crippen LogP contribution in [0.5, 0.6) is 0 Å². The molecule has 2 amide bonds. The number of aryl methyl sites for hydroxylation is 1. The second kappa shape index (κ2) is 8.49. The molecule has 7 heteroatoms. The minimum absolute atomic E-state index is 0.0444. The van der Waals surface area contributed by atoms with E-state index in [1.807, 2.05) is 0 Å². The normalized spacial score (nSPS) is 22.0. The van der Waals surface area contributed by atoms with E-state index in [0.29, 0.717) is 31.0 Å². The van der Waals surface area contributed by atoms with Gasteiger partial charge in [-0.2, -0.15) is 0 Å². The molecule has 1 aromatic heterocycles. The van der Waals surface area contributed by atoms with Gasteiger partial charge in [-0.3, -0.25) is 14.5 Å². The van der Waals surface area contributed by atoms with E-state index in [1.165, 1.54) is 6.26 Å². The van der Waals surface area contributed by atoms with Gasteiger partial charge in [-0.25, -0.2) is 0 Å². The van der Waals surface area contributed by atoms with Crippen LogP contribution in [0, 0.1) is 12.8 Å². The summed E-state index contributed by atoms with van der Waals surface area (Å²) in [7, 11) is 0. The van der Waals surface area contributed by atoms with Gasteiger partial charge in [-0.15, -0.1) is 0 Å². The lowest BCUT2D eigenvalue weighted by molar-refractivity contribution is -0.126. The average Bonchev–Trinajstić information content (AvgIpc) is 3.08. The van der Waals surface area contributed by atoms with E-state index in [0.717, 1.165) is 45.7 Å². The predicted octanol–water partition coefficient (Wildman–Crippen LogP) is 0.889. The molecule has 2 fully saturated rings. The summed E-state index contributed by atoms with van der Waals surface area (Å²) in [6.45, 7) is 7.82. The van der Waals surface area contributed by atoms with Gasteiger partial charge < -0.3 is 19.4 Å². The van der Waals surface area contributed by atoms with Crippen LogP contribution in [-0.2, 0) is 9.53 Å². The van der Waals surface area contributed by atoms with Gasteiger partial charge in [0.15, 0.2) is 0 Å². The van der Waals surface area contributed by atoms with Crippen LogP contribution in [0.2, 0.25) is 0 Å². The lowest BCUT2D eigenvalue weighted by Gasteiger charge is -2.32. The minimum atomic E-state index is -0.130. The largest absolute Gasteiger partial charge is 0.469 e. The van der Waals surface area contributed by atoms with E-state index in [-0.39, 0.29) is 17.7 Å². The Balaban J connectivity index is 1.46. The zero-order valence-electron chi connectivity index (χ0n) is 14.8. The minimum Gasteiger partial charge on any atom is -0.469 e. The van der Waals surface area contributed by atoms with E-state index in [9.17, 15) is 9.59 Å². The number of rotatable bonds is 5. The summed E-state index contributed by atoms with van der Waals surface area (Å²) in [6, 6.07) is 1.70. The van der Waals surface area contributed by atoms with Crippen LogP contribution in [0.25, 0.3) is 0 Å². The number of likely N-dealkylation sites (tertiary alicyclic amines) is 1. The Morgan fingerprint density at radius 1 is 1.28 bits per heavy atom. The number of amides is 2. The van der Waals surface area contributed by atoms with E-state index in [4.69, 9.17) is 9.15 Å². The fourth-order valence-corrected chi connectivity index (χ4v) is 3.46. The molecular weight excluding hydrogens is 322 g/mol. The topological polar surface area (TPSA) is 75.0 Å². The number of carbonyl (C=O) groups is 2. The van der Waals surface area contributed by atoms with Crippen molar-refractivity contribution in [2.75, 3.05) is 52.5 Å². The van der Waals surface area contributed by atoms with Gasteiger partial charge in [0.2, 0.25) is 5.91 Å². The van der Waals surface area contributed by atoms with Gasteiger partial charge >= 0.3 is 0 Å². The van der Waals surface area contributed by atoms with Crippen LogP contribution >= 0.6 is 0 Å². The third-order valence-electron chi connectivity index (χ3n) is 5.00. The molecule has 0 unspecified atom stereocenters. The zero-order chi connectivity index (χ0) is 17.6. The Kier molecular flexibility index (Phi) is 6.09. The SMILES string of the molecule is Cc1occc1C(=O)N1CCC[C@@H](C(=O)NCCN2CCOCC2)C1. The van der Waals surface area contributed by atoms with Crippen molar-refractivity contribution < 1.29 is 18.7 Å². The monoisotopic (exact) mass is 349 g/mol. The maximum atomic E-state index is 12.6. The highest BCUT2D eigenvalue weighted by Crippen LogP contribution is 2.20. The fourth-order valence-electron chi connectivity index (χ4n) is 3.46. The molecule has 2 saturated heterocycles. The quantitative estimate of drug-likeness (QED) is 0.854. The maximum absolute atomic E-state index is 12.6. The number of hydrogen-bond acceptors (Lipinski definition) is 5. The highest BCUT2D eigenvalue weighted by atomic mass is 16.5. The van der Waals surface area contributed by atoms with Crippen molar-refractivity contribution in [3.63, 3.8) is 0 Å². The predicted molar refractivity (Wildman–Crippen MR) is 92.3 cm³/mol. The Morgan fingerprint density at radius 3 is 2.80 bits per heavy atom. The van der Waals surface area contributed by atoms with Gasteiger partial charge in [-0.1, -0.05) is 0 Å². The average molecular weight is 349 g/mol. The van der Waals surface area contributed by atoms with Crippen molar-refractivity contribution >= 4 is 11.8 Å². The molecule has 0 saturated carbocycles. The van der Waals surface area contributed by atoms with Crippen molar-refractivity contribution in [3.05, 3.63) is 23.7 Å². The molecule has 0 radical (unpaired) electrons. The highest BCUT2D eigenvalue weighted by Gasteiger charge is 2.29. The molecule has 0 bridgehead atoms. The van der Waals surface area contributed by atoms with Gasteiger partial charge in [0.1, 0.15) is 5.76 Å². The van der Waals surface area contributed by atoms with Crippen LogP contribution in [-0.4, -0.2) is 74.1 Å². The first-order valence-corrected chi connectivity index (χ1v) is 9.06. The molecule has 3 rings (SSSR count). The Hall–Kier alpha value is -1.86. The van der Waals surface area contributed by atoms with E-state index >= 15 is 0 Å². The molecule has 3 heterocycles. The van der Waals surface area contributed by atoms with Crippen molar-refractivity contribution in [2.24, 2.45) is 5.92 Å². The number of hydrogen-bond donors (Lipinski definition) is 1. The second-order valence-corrected chi connectivity index (χ2v) is 6.73. The molecule has 2 aliphatic heterocycles. The van der Waals surface area contributed by atoms with Crippen LogP contribution in [0.15, 0.2) is 16.7 Å². The van der Waals surface area contributed by atoms with Gasteiger partial charge in [0, 0.05) is 39.3 Å². The van der Waals surface area contributed by atoms with Crippen LogP contribution in [0.3, 0.4) is 0 Å². The number of nitrogens with one attached hydrogen (secondary N) is 1. The maximum Gasteiger partial charge on any atom is 0.257 e. The number of furan rings is 1. The molecule has 0 aromatic carbocycles. The van der Waals surface area contributed by atoms with Crippen LogP contribution in [0.1, 0.15) is 29.0 Å². The summed E-state index contributed by atoms with van der Waals surface area (Å²) in [5.74, 6) is 0.503. The summed E-state index contributed by atoms with van der Waals surface area (Å²) in [5, 5.41) is 3.03. The molecule has 1 aromatic rings. The standard InChI is InChI=1S/C18H27N3O4/c1-14-16(4-10-25-14)18(23)21-6-2-3-15(13-21)17(22)19-5-7-20-8-11-24-12-9-20/h4,10,15H,2-3,5-9,11-13H2,1H3,(H,19,22)/t15-/m1/s1. The number of nitrogens with zero attached hydrogens (tertiary/aromatic N) is 2. The zero-order valence-corrected chi connectivity index (χ0v) is 14.8. The van der Waals surface area contributed by atoms with Gasteiger partial charge in [0.25, 0.3) is 5.91 Å². The van der Waals surface area contributed by atoms with Crippen molar-refractivity contribution in [3.8, 4) is 0 Å². The van der Waals surface area contributed by atoms with Gasteiger partial charge in [-0.05, 0) is 25.8 Å². The molecule has 7 nitrogen and oxygen atoms in total. The number of ether oxygens (including phenoxy) is 1. The molecule has 0 aliphatic carbocycles. The van der Waals surface area contributed by atoms with Crippen LogP contribution < -0.4 is 5.32 Å². The smallest absolute Gasteiger partial charge is 0.257 e. The first-order chi connectivity index (χ1) is 12.1. The summed E-state index contributed by atoms with van der Waals surface area (Å²) in [5.41, 5.74) is 0.591. The number of piperidine rings is 1. The molecule has 1 N–H and O–H groups in total. The van der Waals surface area contributed by atoms with E-state index in [2.05, 4.69) is 10.2 Å². The second-order valence-electron chi connectivity index (χ2n) is 6.73. The first-order valence-electron chi connectivity index (χ1n) is 9.06. The fraction of sp³-hybridized carbons (Fsp3) is 0.667. The van der Waals surface area contributed by atoms with Gasteiger partial charge in [0.05, 0.1) is 31.0 Å². The summed E-state index contributed by atoms with van der Waals surface area (Å²) in [4.78, 5) is 29.1. The summed E-state index contributed by atoms with van der Waals surface area (Å²) >= 11 is 0. The molecule has 2 aliphatic rings. The Labute approximate surface area is 148 Å². The molecule has 25 heavy (non-hydrogen) atoms. The first kappa shape index (κ1) is 17.9. The molecule has 138 valence electrons. The van der Waals surface area contributed by atoms with E-state index in [1.54, 1.807) is 17.9 Å². The molecule has 1 atom stereocenters. The molecular formula is C18H27N3O4. The lowest BCUT2D eigenvalue weighted by Crippen LogP contribution is -2.47.